The predicted molar refractivity (Wildman–Crippen MR) is 301 cm³/mol. The Morgan fingerprint density at radius 3 is 0.884 bits per heavy atom. The van der Waals surface area contributed by atoms with E-state index in [0.717, 1.165) is 44.9 Å². The second kappa shape index (κ2) is 59.4. The van der Waals surface area contributed by atoms with Crippen molar-refractivity contribution >= 4 is 11.9 Å². The number of hydrogen-bond donors (Lipinski definition) is 3. The first-order valence-corrected chi connectivity index (χ1v) is 31.8. The normalized spacial score (nSPS) is 12.5. The van der Waals surface area contributed by atoms with Crippen LogP contribution in [0.2, 0.25) is 0 Å². The van der Waals surface area contributed by atoms with Crippen LogP contribution in [0.3, 0.4) is 0 Å². The molecular formula is C63H125NO5. The van der Waals surface area contributed by atoms with Crippen LogP contribution in [0.15, 0.2) is 0 Å². The van der Waals surface area contributed by atoms with Crippen LogP contribution in [-0.4, -0.2) is 47.4 Å². The number of nitrogens with one attached hydrogen (secondary N) is 1. The fourth-order valence-corrected chi connectivity index (χ4v) is 10.3. The Kier molecular flexibility index (Phi) is 58.4. The number of aliphatic hydroxyl groups is 2. The van der Waals surface area contributed by atoms with Crippen LogP contribution < -0.4 is 5.32 Å². The monoisotopic (exact) mass is 976 g/mol. The van der Waals surface area contributed by atoms with Gasteiger partial charge in [-0.2, -0.15) is 0 Å². The van der Waals surface area contributed by atoms with Gasteiger partial charge in [0.1, 0.15) is 0 Å². The van der Waals surface area contributed by atoms with Crippen LogP contribution in [0.5, 0.6) is 0 Å². The second-order valence-corrected chi connectivity index (χ2v) is 22.1. The maximum Gasteiger partial charge on any atom is 0.305 e. The predicted octanol–water partition coefficient (Wildman–Crippen LogP) is 19.9. The molecule has 0 aliphatic heterocycles. The largest absolute Gasteiger partial charge is 0.466 e. The molecule has 0 radical (unpaired) electrons. The summed E-state index contributed by atoms with van der Waals surface area (Å²) < 4.78 is 5.48. The highest BCUT2D eigenvalue weighted by Gasteiger charge is 2.20. The van der Waals surface area contributed by atoms with Crippen molar-refractivity contribution < 1.29 is 24.5 Å². The molecule has 69 heavy (non-hydrogen) atoms. The minimum atomic E-state index is -0.669. The lowest BCUT2D eigenvalue weighted by Gasteiger charge is -2.22. The molecule has 2 unspecified atom stereocenters. The molecule has 0 saturated carbocycles. The van der Waals surface area contributed by atoms with Crippen LogP contribution >= 0.6 is 0 Å². The number of rotatable bonds is 60. The molecule has 0 aliphatic rings. The molecule has 0 fully saturated rings. The van der Waals surface area contributed by atoms with Gasteiger partial charge in [-0.05, 0) is 25.7 Å². The van der Waals surface area contributed by atoms with Gasteiger partial charge in [0.15, 0.2) is 0 Å². The lowest BCUT2D eigenvalue weighted by molar-refractivity contribution is -0.143. The van der Waals surface area contributed by atoms with Gasteiger partial charge in [0.05, 0.1) is 25.4 Å². The standard InChI is InChI=1S/C63H125NO5/c1-3-5-7-9-11-13-15-17-18-19-20-21-22-23-24-25-28-32-35-39-43-47-51-55-61(66)60(59-65)64-62(67)56-52-48-44-40-36-33-29-26-27-30-34-38-42-46-50-54-58-69-63(68)57-53-49-45-41-37-31-16-14-12-10-8-6-4-2/h60-61,65-66H,3-59H2,1-2H3,(H,64,67). The molecule has 412 valence electrons. The molecule has 6 heteroatoms. The molecule has 1 amide bonds. The van der Waals surface area contributed by atoms with E-state index in [2.05, 4.69) is 19.2 Å². The van der Waals surface area contributed by atoms with Crippen molar-refractivity contribution in [1.82, 2.24) is 5.32 Å². The average molecular weight is 977 g/mol. The summed E-state index contributed by atoms with van der Waals surface area (Å²) in [5, 5.41) is 23.4. The molecule has 3 N–H and O–H groups in total. The first-order valence-electron chi connectivity index (χ1n) is 31.8. The van der Waals surface area contributed by atoms with E-state index in [1.165, 1.54) is 289 Å². The zero-order valence-corrected chi connectivity index (χ0v) is 47.1. The van der Waals surface area contributed by atoms with E-state index in [1.54, 1.807) is 0 Å². The van der Waals surface area contributed by atoms with E-state index in [-0.39, 0.29) is 18.5 Å². The van der Waals surface area contributed by atoms with Crippen LogP contribution in [0.25, 0.3) is 0 Å². The summed E-state index contributed by atoms with van der Waals surface area (Å²) in [4.78, 5) is 24.6. The Morgan fingerprint density at radius 2 is 0.594 bits per heavy atom. The maximum atomic E-state index is 12.5. The second-order valence-electron chi connectivity index (χ2n) is 22.1. The number of aliphatic hydroxyl groups excluding tert-OH is 2. The zero-order valence-electron chi connectivity index (χ0n) is 47.1. The molecule has 0 spiro atoms. The molecule has 0 aliphatic carbocycles. The van der Waals surface area contributed by atoms with Crippen molar-refractivity contribution in [3.63, 3.8) is 0 Å². The minimum absolute atomic E-state index is 0.00625. The van der Waals surface area contributed by atoms with Gasteiger partial charge in [-0.3, -0.25) is 9.59 Å². The van der Waals surface area contributed by atoms with Crippen molar-refractivity contribution in [3.8, 4) is 0 Å². The molecule has 2 atom stereocenters. The molecule has 0 heterocycles. The van der Waals surface area contributed by atoms with Gasteiger partial charge < -0.3 is 20.3 Å². The van der Waals surface area contributed by atoms with Crippen molar-refractivity contribution in [3.05, 3.63) is 0 Å². The average Bonchev–Trinajstić information content (AvgIpc) is 3.35. The van der Waals surface area contributed by atoms with Gasteiger partial charge in [-0.15, -0.1) is 0 Å². The smallest absolute Gasteiger partial charge is 0.305 e. The summed E-state index contributed by atoms with van der Waals surface area (Å²) in [5.74, 6) is -0.0303. The number of unbranched alkanes of at least 4 members (excludes halogenated alkanes) is 49. The minimum Gasteiger partial charge on any atom is -0.466 e. The number of amides is 1. The molecule has 0 aromatic rings. The maximum absolute atomic E-state index is 12.5. The molecule has 0 bridgehead atoms. The third kappa shape index (κ3) is 56.0. The molecule has 0 aromatic carbocycles. The molecule has 0 rings (SSSR count). The Morgan fingerprint density at radius 1 is 0.348 bits per heavy atom. The summed E-state index contributed by atoms with van der Waals surface area (Å²) in [5.41, 5.74) is 0. The number of carbonyl (C=O) groups excluding carboxylic acids is 2. The summed E-state index contributed by atoms with van der Waals surface area (Å²) >= 11 is 0. The molecule has 6 nitrogen and oxygen atoms in total. The quantitative estimate of drug-likeness (QED) is 0.0417. The van der Waals surface area contributed by atoms with Crippen LogP contribution in [0.1, 0.15) is 367 Å². The Balaban J connectivity index is 3.41. The van der Waals surface area contributed by atoms with Crippen molar-refractivity contribution in [1.29, 1.82) is 0 Å². The fraction of sp³-hybridized carbons (Fsp3) is 0.968. The van der Waals surface area contributed by atoms with Crippen molar-refractivity contribution in [2.75, 3.05) is 13.2 Å². The Hall–Kier alpha value is -1.14. The molecule has 0 saturated heterocycles. The third-order valence-corrected chi connectivity index (χ3v) is 15.2. The van der Waals surface area contributed by atoms with Gasteiger partial charge in [0.25, 0.3) is 0 Å². The summed E-state index contributed by atoms with van der Waals surface area (Å²) in [6, 6.07) is -0.546. The van der Waals surface area contributed by atoms with Crippen molar-refractivity contribution in [2.45, 2.75) is 379 Å². The van der Waals surface area contributed by atoms with E-state index in [0.29, 0.717) is 25.9 Å². The summed E-state index contributed by atoms with van der Waals surface area (Å²) in [6.45, 7) is 4.98. The Bertz CT molecular complexity index is 990. The molecule has 0 aromatic heterocycles. The lowest BCUT2D eigenvalue weighted by Crippen LogP contribution is -2.45. The van der Waals surface area contributed by atoms with E-state index in [4.69, 9.17) is 4.74 Å². The van der Waals surface area contributed by atoms with Gasteiger partial charge >= 0.3 is 5.97 Å². The number of hydrogen-bond acceptors (Lipinski definition) is 5. The number of esters is 1. The van der Waals surface area contributed by atoms with Crippen LogP contribution in [-0.2, 0) is 14.3 Å². The third-order valence-electron chi connectivity index (χ3n) is 15.2. The number of carbonyl (C=O) groups is 2. The highest BCUT2D eigenvalue weighted by Crippen LogP contribution is 2.19. The SMILES string of the molecule is CCCCCCCCCCCCCCCCCCCCCCCCCC(O)C(CO)NC(=O)CCCCCCCCCCCCCCCCCCOC(=O)CCCCCCCCCCCCCCC. The van der Waals surface area contributed by atoms with Crippen molar-refractivity contribution in [2.24, 2.45) is 0 Å². The lowest BCUT2D eigenvalue weighted by atomic mass is 10.0. The van der Waals surface area contributed by atoms with Gasteiger partial charge in [-0.25, -0.2) is 0 Å². The van der Waals surface area contributed by atoms with E-state index in [1.807, 2.05) is 0 Å². The summed E-state index contributed by atoms with van der Waals surface area (Å²) in [6.07, 6.45) is 69.7. The highest BCUT2D eigenvalue weighted by molar-refractivity contribution is 5.76. The fourth-order valence-electron chi connectivity index (χ4n) is 10.3. The highest BCUT2D eigenvalue weighted by atomic mass is 16.5. The number of ether oxygens (including phenoxy) is 1. The zero-order chi connectivity index (χ0) is 50.0. The molecular weight excluding hydrogens is 851 g/mol. The van der Waals surface area contributed by atoms with Gasteiger partial charge in [-0.1, -0.05) is 328 Å². The first kappa shape index (κ1) is 67.9. The topological polar surface area (TPSA) is 95.9 Å². The summed E-state index contributed by atoms with van der Waals surface area (Å²) in [7, 11) is 0. The first-order chi connectivity index (χ1) is 34.0. The van der Waals surface area contributed by atoms with Crippen LogP contribution in [0, 0.1) is 0 Å². The van der Waals surface area contributed by atoms with Crippen LogP contribution in [0.4, 0.5) is 0 Å². The van der Waals surface area contributed by atoms with Gasteiger partial charge in [0.2, 0.25) is 5.91 Å². The van der Waals surface area contributed by atoms with E-state index >= 15 is 0 Å². The van der Waals surface area contributed by atoms with E-state index < -0.39 is 12.1 Å². The van der Waals surface area contributed by atoms with E-state index in [9.17, 15) is 19.8 Å². The Labute approximate surface area is 432 Å². The van der Waals surface area contributed by atoms with Gasteiger partial charge in [0, 0.05) is 12.8 Å².